The number of unbranched alkanes of at least 4 members (excludes halogenated alkanes) is 18. The van der Waals surface area contributed by atoms with Crippen LogP contribution in [0.2, 0.25) is 0 Å². The van der Waals surface area contributed by atoms with E-state index in [-0.39, 0.29) is 30.3 Å². The van der Waals surface area contributed by atoms with E-state index in [1.54, 1.807) is 0 Å². The lowest BCUT2D eigenvalue weighted by atomic mass is 10.0. The van der Waals surface area contributed by atoms with Crippen molar-refractivity contribution in [2.75, 3.05) is 27.2 Å². The lowest BCUT2D eigenvalue weighted by molar-refractivity contribution is -0.147. The monoisotopic (exact) mass is 778 g/mol. The summed E-state index contributed by atoms with van der Waals surface area (Å²) < 4.78 is 22.3. The first-order valence-corrected chi connectivity index (χ1v) is 22.8. The van der Waals surface area contributed by atoms with Crippen LogP contribution in [0.4, 0.5) is 4.79 Å². The summed E-state index contributed by atoms with van der Waals surface area (Å²) in [5.41, 5.74) is 0. The van der Waals surface area contributed by atoms with E-state index in [1.165, 1.54) is 104 Å². The van der Waals surface area contributed by atoms with Gasteiger partial charge in [0, 0.05) is 33.2 Å². The van der Waals surface area contributed by atoms with Gasteiger partial charge in [0.25, 0.3) is 0 Å². The topological polar surface area (TPSA) is 91.4 Å². The summed E-state index contributed by atoms with van der Waals surface area (Å²) in [6.45, 7) is 8.71. The van der Waals surface area contributed by atoms with Gasteiger partial charge in [-0.15, -0.1) is 0 Å². The molecule has 0 heterocycles. The molecule has 55 heavy (non-hydrogen) atoms. The van der Waals surface area contributed by atoms with E-state index in [4.69, 9.17) is 18.9 Å². The maximum absolute atomic E-state index is 12.5. The van der Waals surface area contributed by atoms with Crippen molar-refractivity contribution in [2.24, 2.45) is 0 Å². The lowest BCUT2D eigenvalue weighted by Crippen LogP contribution is -2.21. The quantitative estimate of drug-likeness (QED) is 0.0264. The number of nitrogens with zero attached hydrogens (tertiary/aromatic N) is 1. The lowest BCUT2D eigenvalue weighted by Gasteiger charge is -2.18. The van der Waals surface area contributed by atoms with E-state index >= 15 is 0 Å². The molecule has 322 valence electrons. The van der Waals surface area contributed by atoms with Crippen LogP contribution < -0.4 is 0 Å². The SMILES string of the molecule is CCCCCC[C@H](C/C=C\CCCCCCCCC(CCCCCCCC/C=C\C[C@@H](CCCCCC)OC(C)=O)OC(=O)OCCCN(C)C)OC(C)=O. The Balaban J connectivity index is 4.33. The molecule has 0 saturated heterocycles. The Labute approximate surface area is 339 Å². The second-order valence-corrected chi connectivity index (χ2v) is 16.0. The van der Waals surface area contributed by atoms with Crippen LogP contribution in [0.15, 0.2) is 24.3 Å². The van der Waals surface area contributed by atoms with Crippen molar-refractivity contribution in [3.63, 3.8) is 0 Å². The second kappa shape index (κ2) is 39.9. The smallest absolute Gasteiger partial charge is 0.462 e. The Morgan fingerprint density at radius 3 is 1.25 bits per heavy atom. The number of allylic oxidation sites excluding steroid dienone is 2. The zero-order valence-electron chi connectivity index (χ0n) is 36.8. The first-order valence-electron chi connectivity index (χ1n) is 22.8. The molecular formula is C47H87NO7. The highest BCUT2D eigenvalue weighted by atomic mass is 16.7. The second-order valence-electron chi connectivity index (χ2n) is 16.0. The highest BCUT2D eigenvalue weighted by Gasteiger charge is 2.16. The molecule has 0 aromatic carbocycles. The van der Waals surface area contributed by atoms with Crippen LogP contribution >= 0.6 is 0 Å². The summed E-state index contributed by atoms with van der Waals surface area (Å²) in [7, 11) is 4.04. The number of hydrogen-bond donors (Lipinski definition) is 0. The molecule has 0 unspecified atom stereocenters. The average molecular weight is 778 g/mol. The Kier molecular flexibility index (Phi) is 38.2. The third-order valence-electron chi connectivity index (χ3n) is 10.1. The van der Waals surface area contributed by atoms with Crippen molar-refractivity contribution < 1.29 is 33.3 Å². The maximum Gasteiger partial charge on any atom is 0.508 e. The number of rotatable bonds is 39. The number of ether oxygens (including phenoxy) is 4. The molecule has 0 N–H and O–H groups in total. The van der Waals surface area contributed by atoms with Crippen molar-refractivity contribution in [1.82, 2.24) is 4.90 Å². The Hall–Kier alpha value is -2.35. The summed E-state index contributed by atoms with van der Waals surface area (Å²) >= 11 is 0. The molecule has 0 aliphatic rings. The molecule has 0 bridgehead atoms. The Morgan fingerprint density at radius 2 is 0.855 bits per heavy atom. The third-order valence-corrected chi connectivity index (χ3v) is 10.1. The minimum atomic E-state index is -0.517. The minimum absolute atomic E-state index is 0.0119. The molecule has 0 fully saturated rings. The molecule has 0 aliphatic carbocycles. The van der Waals surface area contributed by atoms with Crippen LogP contribution in [0.3, 0.4) is 0 Å². The predicted octanol–water partition coefficient (Wildman–Crippen LogP) is 13.4. The summed E-state index contributed by atoms with van der Waals surface area (Å²) in [6, 6.07) is 0. The van der Waals surface area contributed by atoms with E-state index in [1.807, 2.05) is 14.1 Å². The molecule has 0 spiro atoms. The first kappa shape index (κ1) is 52.6. The van der Waals surface area contributed by atoms with Crippen molar-refractivity contribution >= 4 is 18.1 Å². The minimum Gasteiger partial charge on any atom is -0.462 e. The molecule has 8 heteroatoms. The van der Waals surface area contributed by atoms with Gasteiger partial charge < -0.3 is 23.8 Å². The molecule has 0 radical (unpaired) electrons. The van der Waals surface area contributed by atoms with Crippen molar-refractivity contribution in [1.29, 1.82) is 0 Å². The zero-order chi connectivity index (χ0) is 40.6. The van der Waals surface area contributed by atoms with Gasteiger partial charge in [-0.05, 0) is 97.6 Å². The molecule has 0 amide bonds. The van der Waals surface area contributed by atoms with Gasteiger partial charge in [0.2, 0.25) is 0 Å². The molecule has 0 aromatic rings. The number of esters is 2. The Bertz CT molecular complexity index is 890. The fourth-order valence-corrected chi connectivity index (χ4v) is 6.90. The average Bonchev–Trinajstić information content (AvgIpc) is 3.13. The zero-order valence-corrected chi connectivity index (χ0v) is 36.8. The van der Waals surface area contributed by atoms with E-state index < -0.39 is 6.16 Å². The van der Waals surface area contributed by atoms with Crippen LogP contribution in [0, 0.1) is 0 Å². The molecular weight excluding hydrogens is 691 g/mol. The van der Waals surface area contributed by atoms with Gasteiger partial charge in [0.05, 0.1) is 6.61 Å². The van der Waals surface area contributed by atoms with E-state index in [0.29, 0.717) is 6.61 Å². The number of hydrogen-bond acceptors (Lipinski definition) is 8. The summed E-state index contributed by atoms with van der Waals surface area (Å²) in [5.74, 6) is -0.358. The van der Waals surface area contributed by atoms with Gasteiger partial charge in [0.15, 0.2) is 0 Å². The molecule has 0 aliphatic heterocycles. The summed E-state index contributed by atoms with van der Waals surface area (Å²) in [4.78, 5) is 37.5. The van der Waals surface area contributed by atoms with Gasteiger partial charge in [-0.2, -0.15) is 0 Å². The van der Waals surface area contributed by atoms with Crippen LogP contribution in [0.1, 0.15) is 214 Å². The molecule has 0 rings (SSSR count). The number of carbonyl (C=O) groups is 3. The van der Waals surface area contributed by atoms with Crippen molar-refractivity contribution in [3.05, 3.63) is 24.3 Å². The first-order chi connectivity index (χ1) is 26.7. The standard InChI is InChI=1S/C47H87NO7/c1-7-9-11-27-34-44(53-42(3)49)36-29-23-19-15-13-17-21-25-31-38-46(55-47(51)52-41-33-40-48(5)6)39-32-26-22-18-14-16-20-24-30-37-45(54-43(4)50)35-28-12-10-8-2/h23-24,29-30,44-46H,7-22,25-28,31-41H2,1-6H3/b29-23-,30-24-/t44-,45-/m1/s1. The summed E-state index contributed by atoms with van der Waals surface area (Å²) in [6.07, 6.45) is 40.4. The number of carbonyl (C=O) groups excluding carboxylic acids is 3. The van der Waals surface area contributed by atoms with Crippen LogP contribution in [-0.4, -0.2) is 68.6 Å². The highest BCUT2D eigenvalue weighted by Crippen LogP contribution is 2.19. The third kappa shape index (κ3) is 39.7. The van der Waals surface area contributed by atoms with Gasteiger partial charge in [-0.1, -0.05) is 128 Å². The van der Waals surface area contributed by atoms with Crippen LogP contribution in [-0.2, 0) is 28.5 Å². The molecule has 2 atom stereocenters. The van der Waals surface area contributed by atoms with Crippen molar-refractivity contribution in [2.45, 2.75) is 232 Å². The predicted molar refractivity (Wildman–Crippen MR) is 229 cm³/mol. The fraction of sp³-hybridized carbons (Fsp3) is 0.851. The fourth-order valence-electron chi connectivity index (χ4n) is 6.90. The molecule has 8 nitrogen and oxygen atoms in total. The highest BCUT2D eigenvalue weighted by molar-refractivity contribution is 5.66. The van der Waals surface area contributed by atoms with Gasteiger partial charge in [-0.25, -0.2) is 4.79 Å². The molecule has 0 saturated carbocycles. The molecule has 0 aromatic heterocycles. The summed E-state index contributed by atoms with van der Waals surface area (Å²) in [5, 5.41) is 0. The van der Waals surface area contributed by atoms with Gasteiger partial charge >= 0.3 is 18.1 Å². The van der Waals surface area contributed by atoms with E-state index in [9.17, 15) is 14.4 Å². The van der Waals surface area contributed by atoms with Gasteiger partial charge in [0.1, 0.15) is 18.3 Å². The maximum atomic E-state index is 12.5. The van der Waals surface area contributed by atoms with Crippen LogP contribution in [0.5, 0.6) is 0 Å². The largest absolute Gasteiger partial charge is 0.508 e. The van der Waals surface area contributed by atoms with E-state index in [0.717, 1.165) is 103 Å². The van der Waals surface area contributed by atoms with E-state index in [2.05, 4.69) is 43.1 Å². The normalized spacial score (nSPS) is 12.9. The van der Waals surface area contributed by atoms with Gasteiger partial charge in [-0.3, -0.25) is 9.59 Å². The van der Waals surface area contributed by atoms with Crippen LogP contribution in [0.25, 0.3) is 0 Å². The van der Waals surface area contributed by atoms with Crippen molar-refractivity contribution in [3.8, 4) is 0 Å². The Morgan fingerprint density at radius 1 is 0.473 bits per heavy atom.